The maximum atomic E-state index is 11.9. The summed E-state index contributed by atoms with van der Waals surface area (Å²) < 4.78 is 31.7. The van der Waals surface area contributed by atoms with Gasteiger partial charge >= 0.3 is 12.1 Å². The van der Waals surface area contributed by atoms with Crippen LogP contribution in [0, 0.1) is 0 Å². The Balaban J connectivity index is 0.000000298. The highest BCUT2D eigenvalue weighted by Crippen LogP contribution is 2.26. The van der Waals surface area contributed by atoms with Gasteiger partial charge in [-0.3, -0.25) is 9.78 Å². The van der Waals surface area contributed by atoms with Gasteiger partial charge in [-0.15, -0.1) is 0 Å². The molecule has 3 N–H and O–H groups in total. The number of H-pyrrole nitrogens is 1. The highest BCUT2D eigenvalue weighted by atomic mass is 19.4. The number of nitrogens with zero attached hydrogens (tertiary/aromatic N) is 1. The fourth-order valence-corrected chi connectivity index (χ4v) is 2.81. The van der Waals surface area contributed by atoms with Gasteiger partial charge in [0.15, 0.2) is 0 Å². The lowest BCUT2D eigenvalue weighted by Crippen LogP contribution is -2.31. The second-order valence-corrected chi connectivity index (χ2v) is 6.18. The van der Waals surface area contributed by atoms with E-state index < -0.39 is 12.1 Å². The first-order chi connectivity index (χ1) is 13.8. The Labute approximate surface area is 163 Å². The Hall–Kier alpha value is -3.62. The molecule has 0 fully saturated rings. The molecule has 4 rings (SSSR count). The minimum atomic E-state index is -5.08. The highest BCUT2D eigenvalue weighted by molar-refractivity contribution is 5.97. The standard InChI is InChI=1S/C18H15N3O.C2HF3O2/c22-18-14-11-17(21-15(14)7-9-20-18)13-6-8-19-16(10-13)12-4-2-1-3-5-12;3-2(4,5)1(6)7/h1-6,8,10-11,21H,7,9H2,(H,20,22);(H,6,7). The van der Waals surface area contributed by atoms with Crippen LogP contribution in [0.5, 0.6) is 0 Å². The van der Waals surface area contributed by atoms with Gasteiger partial charge in [-0.1, -0.05) is 30.3 Å². The molecule has 3 heterocycles. The van der Waals surface area contributed by atoms with Gasteiger partial charge in [0, 0.05) is 41.7 Å². The van der Waals surface area contributed by atoms with Crippen molar-refractivity contribution in [1.29, 1.82) is 0 Å². The van der Waals surface area contributed by atoms with Crippen molar-refractivity contribution in [3.8, 4) is 22.5 Å². The van der Waals surface area contributed by atoms with Crippen molar-refractivity contribution in [3.63, 3.8) is 0 Å². The monoisotopic (exact) mass is 403 g/mol. The third-order valence-electron chi connectivity index (χ3n) is 4.19. The summed E-state index contributed by atoms with van der Waals surface area (Å²) in [5.74, 6) is -2.76. The summed E-state index contributed by atoms with van der Waals surface area (Å²) in [7, 11) is 0. The first-order valence-electron chi connectivity index (χ1n) is 8.58. The number of carboxylic acids is 1. The summed E-state index contributed by atoms with van der Waals surface area (Å²) in [5, 5.41) is 9.99. The predicted molar refractivity (Wildman–Crippen MR) is 99.2 cm³/mol. The molecule has 9 heteroatoms. The number of aliphatic carboxylic acids is 1. The summed E-state index contributed by atoms with van der Waals surface area (Å²) in [4.78, 5) is 28.6. The Kier molecular flexibility index (Phi) is 5.67. The molecule has 1 aliphatic rings. The number of fused-ring (bicyclic) bond motifs is 1. The third kappa shape index (κ3) is 4.81. The van der Waals surface area contributed by atoms with Crippen LogP contribution < -0.4 is 5.32 Å². The second-order valence-electron chi connectivity index (χ2n) is 6.18. The summed E-state index contributed by atoms with van der Waals surface area (Å²) in [6, 6.07) is 16.0. The fraction of sp³-hybridized carbons (Fsp3) is 0.150. The van der Waals surface area contributed by atoms with E-state index in [2.05, 4.69) is 15.3 Å². The predicted octanol–water partition coefficient (Wildman–Crippen LogP) is 3.66. The number of benzene rings is 1. The van der Waals surface area contributed by atoms with Gasteiger partial charge in [-0.05, 0) is 18.2 Å². The summed E-state index contributed by atoms with van der Waals surface area (Å²) in [6.45, 7) is 0.692. The van der Waals surface area contributed by atoms with Gasteiger partial charge in [0.05, 0.1) is 11.3 Å². The molecule has 29 heavy (non-hydrogen) atoms. The summed E-state index contributed by atoms with van der Waals surface area (Å²) >= 11 is 0. The van der Waals surface area contributed by atoms with Crippen molar-refractivity contribution >= 4 is 11.9 Å². The zero-order valence-electron chi connectivity index (χ0n) is 15.0. The van der Waals surface area contributed by atoms with Gasteiger partial charge in [-0.2, -0.15) is 13.2 Å². The lowest BCUT2D eigenvalue weighted by atomic mass is 10.1. The van der Waals surface area contributed by atoms with Gasteiger partial charge in [-0.25, -0.2) is 4.79 Å². The molecule has 0 radical (unpaired) electrons. The van der Waals surface area contributed by atoms with E-state index in [9.17, 15) is 18.0 Å². The first-order valence-corrected chi connectivity index (χ1v) is 8.58. The van der Waals surface area contributed by atoms with Gasteiger partial charge < -0.3 is 15.4 Å². The van der Waals surface area contributed by atoms with E-state index in [1.165, 1.54) is 0 Å². The Morgan fingerprint density at radius 2 is 1.76 bits per heavy atom. The number of aromatic nitrogens is 2. The maximum Gasteiger partial charge on any atom is 0.490 e. The number of carbonyl (C=O) groups excluding carboxylic acids is 1. The molecule has 6 nitrogen and oxygen atoms in total. The zero-order chi connectivity index (χ0) is 21.0. The largest absolute Gasteiger partial charge is 0.490 e. The molecule has 0 atom stereocenters. The van der Waals surface area contributed by atoms with E-state index in [1.54, 1.807) is 6.20 Å². The quantitative estimate of drug-likeness (QED) is 0.609. The molecule has 3 aromatic rings. The van der Waals surface area contributed by atoms with E-state index in [0.717, 1.165) is 40.2 Å². The number of carbonyl (C=O) groups is 2. The number of rotatable bonds is 2. The van der Waals surface area contributed by atoms with Crippen LogP contribution in [0.4, 0.5) is 13.2 Å². The van der Waals surface area contributed by atoms with E-state index >= 15 is 0 Å². The lowest BCUT2D eigenvalue weighted by molar-refractivity contribution is -0.192. The van der Waals surface area contributed by atoms with Crippen LogP contribution in [0.1, 0.15) is 16.1 Å². The smallest absolute Gasteiger partial charge is 0.475 e. The molecular weight excluding hydrogens is 387 g/mol. The number of halogens is 3. The van der Waals surface area contributed by atoms with Crippen LogP contribution >= 0.6 is 0 Å². The SMILES string of the molecule is O=C(O)C(F)(F)F.O=C1NCCc2[nH]c(-c3ccnc(-c4ccccc4)c3)cc21. The van der Waals surface area contributed by atoms with Crippen molar-refractivity contribution < 1.29 is 27.9 Å². The molecular formula is C20H16F3N3O3. The molecule has 0 saturated carbocycles. The number of pyridine rings is 1. The molecule has 1 amide bonds. The molecule has 0 spiro atoms. The van der Waals surface area contributed by atoms with Crippen molar-refractivity contribution in [2.75, 3.05) is 6.54 Å². The third-order valence-corrected chi connectivity index (χ3v) is 4.19. The minimum Gasteiger partial charge on any atom is -0.475 e. The van der Waals surface area contributed by atoms with Crippen LogP contribution in [0.3, 0.4) is 0 Å². The van der Waals surface area contributed by atoms with Crippen molar-refractivity contribution in [2.45, 2.75) is 12.6 Å². The number of amides is 1. The highest BCUT2D eigenvalue weighted by Gasteiger charge is 2.38. The van der Waals surface area contributed by atoms with Gasteiger partial charge in [0.25, 0.3) is 5.91 Å². The molecule has 2 aromatic heterocycles. The molecule has 0 aliphatic carbocycles. The Bertz CT molecular complexity index is 1030. The number of hydrogen-bond acceptors (Lipinski definition) is 3. The number of aromatic amines is 1. The van der Waals surface area contributed by atoms with Gasteiger partial charge in [0.1, 0.15) is 0 Å². The molecule has 150 valence electrons. The van der Waals surface area contributed by atoms with Crippen LogP contribution in [0.25, 0.3) is 22.5 Å². The molecule has 1 aliphatic heterocycles. The minimum absolute atomic E-state index is 0.00101. The average Bonchev–Trinajstić information content (AvgIpc) is 3.14. The fourth-order valence-electron chi connectivity index (χ4n) is 2.81. The second kappa shape index (κ2) is 8.17. The van der Waals surface area contributed by atoms with Crippen LogP contribution in [-0.4, -0.2) is 39.7 Å². The van der Waals surface area contributed by atoms with E-state index in [-0.39, 0.29) is 5.91 Å². The molecule has 0 bridgehead atoms. The van der Waals surface area contributed by atoms with E-state index in [0.29, 0.717) is 6.54 Å². The topological polar surface area (TPSA) is 95.1 Å². The van der Waals surface area contributed by atoms with Crippen LogP contribution in [0.2, 0.25) is 0 Å². The van der Waals surface area contributed by atoms with E-state index in [1.807, 2.05) is 48.5 Å². The lowest BCUT2D eigenvalue weighted by Gasteiger charge is -2.10. The van der Waals surface area contributed by atoms with Crippen molar-refractivity contribution in [3.05, 3.63) is 66.0 Å². The first kappa shape index (κ1) is 20.1. The number of nitrogens with one attached hydrogen (secondary N) is 2. The summed E-state index contributed by atoms with van der Waals surface area (Å²) in [6.07, 6.45) is -2.44. The van der Waals surface area contributed by atoms with Gasteiger partial charge in [0.2, 0.25) is 0 Å². The number of carboxylic acid groups (broad SMARTS) is 1. The Morgan fingerprint density at radius 3 is 2.38 bits per heavy atom. The molecule has 1 aromatic carbocycles. The zero-order valence-corrected chi connectivity index (χ0v) is 15.0. The van der Waals surface area contributed by atoms with Crippen LogP contribution in [0.15, 0.2) is 54.7 Å². The Morgan fingerprint density at radius 1 is 1.07 bits per heavy atom. The molecule has 0 unspecified atom stereocenters. The average molecular weight is 403 g/mol. The van der Waals surface area contributed by atoms with Crippen molar-refractivity contribution in [1.82, 2.24) is 15.3 Å². The number of hydrogen-bond donors (Lipinski definition) is 3. The van der Waals surface area contributed by atoms with E-state index in [4.69, 9.17) is 9.90 Å². The maximum absolute atomic E-state index is 11.9. The van der Waals surface area contributed by atoms with Crippen molar-refractivity contribution in [2.24, 2.45) is 0 Å². The number of alkyl halides is 3. The normalized spacial score (nSPS) is 13.0. The summed E-state index contributed by atoms with van der Waals surface area (Å²) in [5.41, 5.74) is 5.77. The molecule has 0 saturated heterocycles. The van der Waals surface area contributed by atoms with Crippen LogP contribution in [-0.2, 0) is 11.2 Å².